The molecule has 3 rings (SSSR count). The van der Waals surface area contributed by atoms with Gasteiger partial charge >= 0.3 is 0 Å². The van der Waals surface area contributed by atoms with Crippen molar-refractivity contribution in [1.29, 1.82) is 0 Å². The zero-order valence-electron chi connectivity index (χ0n) is 14.3. The van der Waals surface area contributed by atoms with Crippen molar-refractivity contribution in [2.75, 3.05) is 25.1 Å². The quantitative estimate of drug-likeness (QED) is 0.653. The van der Waals surface area contributed by atoms with Gasteiger partial charge in [0.25, 0.3) is 0 Å². The molecule has 2 aromatic heterocycles. The smallest absolute Gasteiger partial charge is 0.147 e. The Bertz CT molecular complexity index is 1030. The second kappa shape index (κ2) is 6.84. The first-order chi connectivity index (χ1) is 12.0. The number of aryl methyl sites for hydroxylation is 1. The van der Waals surface area contributed by atoms with Crippen LogP contribution in [0.4, 0.5) is 15.9 Å². The van der Waals surface area contributed by atoms with Crippen LogP contribution in [-0.4, -0.2) is 23.6 Å². The Hall–Kier alpha value is -2.41. The molecule has 0 fully saturated rings. The van der Waals surface area contributed by atoms with Crippen LogP contribution in [0.1, 0.15) is 6.92 Å². The van der Waals surface area contributed by atoms with Crippen molar-refractivity contribution in [1.82, 2.24) is 9.55 Å². The lowest BCUT2D eigenvalue weighted by molar-refractivity contribution is 0.632. The van der Waals surface area contributed by atoms with E-state index in [0.29, 0.717) is 4.47 Å². The maximum Gasteiger partial charge on any atom is 0.147 e. The molecular formula is C18H19BrFN5. The summed E-state index contributed by atoms with van der Waals surface area (Å²) in [6.45, 7) is 2.80. The molecule has 0 amide bonds. The maximum absolute atomic E-state index is 13.7. The SMILES string of the molecule is CCn1c(=NC)c(-c2cc(N)c(F)cc2Br)cc2cnc(NC)cc21. The summed E-state index contributed by atoms with van der Waals surface area (Å²) < 4.78 is 16.5. The second-order valence-electron chi connectivity index (χ2n) is 5.58. The number of nitrogens with one attached hydrogen (secondary N) is 1. The number of aromatic nitrogens is 2. The third-order valence-electron chi connectivity index (χ3n) is 4.16. The molecule has 0 aliphatic carbocycles. The van der Waals surface area contributed by atoms with E-state index in [1.807, 2.05) is 25.4 Å². The van der Waals surface area contributed by atoms with Gasteiger partial charge in [-0.15, -0.1) is 0 Å². The Morgan fingerprint density at radius 1 is 1.28 bits per heavy atom. The van der Waals surface area contributed by atoms with E-state index >= 15 is 0 Å². The van der Waals surface area contributed by atoms with Gasteiger partial charge in [-0.25, -0.2) is 9.37 Å². The van der Waals surface area contributed by atoms with E-state index in [1.54, 1.807) is 13.1 Å². The number of pyridine rings is 2. The molecule has 3 N–H and O–H groups in total. The first-order valence-electron chi connectivity index (χ1n) is 7.89. The van der Waals surface area contributed by atoms with E-state index in [1.165, 1.54) is 6.07 Å². The molecule has 0 aliphatic rings. The largest absolute Gasteiger partial charge is 0.396 e. The lowest BCUT2D eigenvalue weighted by atomic mass is 10.0. The molecule has 2 heterocycles. The Morgan fingerprint density at radius 2 is 2.04 bits per heavy atom. The van der Waals surface area contributed by atoms with E-state index in [-0.39, 0.29) is 5.69 Å². The highest BCUT2D eigenvalue weighted by Gasteiger charge is 2.14. The number of hydrogen-bond donors (Lipinski definition) is 2. The third-order valence-corrected chi connectivity index (χ3v) is 4.82. The van der Waals surface area contributed by atoms with Crippen molar-refractivity contribution < 1.29 is 4.39 Å². The third kappa shape index (κ3) is 3.00. The number of hydrogen-bond acceptors (Lipinski definition) is 4. The molecule has 0 saturated heterocycles. The van der Waals surface area contributed by atoms with Gasteiger partial charge in [0, 0.05) is 53.9 Å². The molecular weight excluding hydrogens is 385 g/mol. The van der Waals surface area contributed by atoms with Crippen molar-refractivity contribution in [3.63, 3.8) is 0 Å². The van der Waals surface area contributed by atoms with Gasteiger partial charge in [-0.05, 0) is 25.1 Å². The number of rotatable bonds is 3. The highest BCUT2D eigenvalue weighted by molar-refractivity contribution is 9.10. The van der Waals surface area contributed by atoms with Crippen LogP contribution >= 0.6 is 15.9 Å². The highest BCUT2D eigenvalue weighted by Crippen LogP contribution is 2.31. The molecule has 1 aromatic carbocycles. The summed E-state index contributed by atoms with van der Waals surface area (Å²) in [4.78, 5) is 8.88. The monoisotopic (exact) mass is 403 g/mol. The van der Waals surface area contributed by atoms with Gasteiger partial charge < -0.3 is 15.6 Å². The summed E-state index contributed by atoms with van der Waals surface area (Å²) in [5.41, 5.74) is 9.38. The minimum absolute atomic E-state index is 0.104. The molecule has 0 saturated carbocycles. The van der Waals surface area contributed by atoms with Crippen LogP contribution in [0.25, 0.3) is 22.0 Å². The fourth-order valence-electron chi connectivity index (χ4n) is 2.95. The number of anilines is 2. The summed E-state index contributed by atoms with van der Waals surface area (Å²) in [5.74, 6) is 0.340. The molecule has 7 heteroatoms. The first kappa shape index (κ1) is 17.4. The molecule has 0 spiro atoms. The van der Waals surface area contributed by atoms with Gasteiger partial charge in [0.05, 0.1) is 11.2 Å². The standard InChI is InChI=1S/C18H19BrFN5/c1-4-25-16-8-17(22-2)24-9-10(16)5-12(18(25)23-3)11-6-15(21)14(20)7-13(11)19/h5-9H,4,21H2,1-3H3,(H,22,24). The molecule has 0 bridgehead atoms. The number of halogens is 2. The fraction of sp³-hybridized carbons (Fsp3) is 0.222. The van der Waals surface area contributed by atoms with E-state index in [0.717, 1.165) is 39.9 Å². The fourth-order valence-corrected chi connectivity index (χ4v) is 3.48. The van der Waals surface area contributed by atoms with Gasteiger partial charge in [-0.2, -0.15) is 0 Å². The lowest BCUT2D eigenvalue weighted by Crippen LogP contribution is -2.23. The Balaban J connectivity index is 2.43. The lowest BCUT2D eigenvalue weighted by Gasteiger charge is -2.16. The van der Waals surface area contributed by atoms with Gasteiger partial charge in [0.2, 0.25) is 0 Å². The number of nitrogens with zero attached hydrogens (tertiary/aromatic N) is 3. The normalized spacial score (nSPS) is 12.0. The van der Waals surface area contributed by atoms with Crippen LogP contribution < -0.4 is 16.5 Å². The molecule has 25 heavy (non-hydrogen) atoms. The minimum Gasteiger partial charge on any atom is -0.396 e. The van der Waals surface area contributed by atoms with Crippen LogP contribution in [0.15, 0.2) is 39.9 Å². The summed E-state index contributed by atoms with van der Waals surface area (Å²) in [6, 6.07) is 7.01. The van der Waals surface area contributed by atoms with Crippen LogP contribution in [-0.2, 0) is 6.54 Å². The first-order valence-corrected chi connectivity index (χ1v) is 8.68. The van der Waals surface area contributed by atoms with Crippen LogP contribution in [0, 0.1) is 5.82 Å². The predicted octanol–water partition coefficient (Wildman–Crippen LogP) is 3.78. The second-order valence-corrected chi connectivity index (χ2v) is 6.44. The van der Waals surface area contributed by atoms with Crippen LogP contribution in [0.3, 0.4) is 0 Å². The van der Waals surface area contributed by atoms with Crippen molar-refractivity contribution >= 4 is 38.3 Å². The van der Waals surface area contributed by atoms with Crippen LogP contribution in [0.5, 0.6) is 0 Å². The average molecular weight is 404 g/mol. The highest BCUT2D eigenvalue weighted by atomic mass is 79.9. The summed E-state index contributed by atoms with van der Waals surface area (Å²) >= 11 is 3.44. The maximum atomic E-state index is 13.7. The van der Waals surface area contributed by atoms with Gasteiger partial charge in [0.15, 0.2) is 0 Å². The number of nitrogen functional groups attached to an aromatic ring is 1. The van der Waals surface area contributed by atoms with Crippen molar-refractivity contribution in [3.05, 3.63) is 46.2 Å². The average Bonchev–Trinajstić information content (AvgIpc) is 2.62. The van der Waals surface area contributed by atoms with Gasteiger partial charge in [0.1, 0.15) is 17.1 Å². The van der Waals surface area contributed by atoms with E-state index < -0.39 is 5.82 Å². The van der Waals surface area contributed by atoms with E-state index in [2.05, 4.69) is 42.7 Å². The summed E-state index contributed by atoms with van der Waals surface area (Å²) in [6.07, 6.45) is 1.82. The zero-order valence-corrected chi connectivity index (χ0v) is 15.9. The minimum atomic E-state index is -0.449. The van der Waals surface area contributed by atoms with Crippen LogP contribution in [0.2, 0.25) is 0 Å². The number of nitrogens with two attached hydrogens (primary N) is 1. The summed E-state index contributed by atoms with van der Waals surface area (Å²) in [7, 11) is 3.58. The van der Waals surface area contributed by atoms with E-state index in [4.69, 9.17) is 5.73 Å². The van der Waals surface area contributed by atoms with E-state index in [9.17, 15) is 4.39 Å². The molecule has 5 nitrogen and oxygen atoms in total. The van der Waals surface area contributed by atoms with Gasteiger partial charge in [-0.3, -0.25) is 4.99 Å². The Labute approximate surface area is 153 Å². The summed E-state index contributed by atoms with van der Waals surface area (Å²) in [5, 5.41) is 4.03. The molecule has 3 aromatic rings. The Morgan fingerprint density at radius 3 is 2.68 bits per heavy atom. The molecule has 0 aliphatic heterocycles. The van der Waals surface area contributed by atoms with Crippen molar-refractivity contribution in [3.8, 4) is 11.1 Å². The molecule has 130 valence electrons. The van der Waals surface area contributed by atoms with Gasteiger partial charge in [-0.1, -0.05) is 15.9 Å². The predicted molar refractivity (Wildman–Crippen MR) is 104 cm³/mol. The number of fused-ring (bicyclic) bond motifs is 1. The molecule has 0 atom stereocenters. The molecule has 0 radical (unpaired) electrons. The van der Waals surface area contributed by atoms with Crippen molar-refractivity contribution in [2.45, 2.75) is 13.5 Å². The van der Waals surface area contributed by atoms with Crippen molar-refractivity contribution in [2.24, 2.45) is 4.99 Å². The number of benzene rings is 1. The zero-order chi connectivity index (χ0) is 18.1. The Kier molecular flexibility index (Phi) is 4.76. The topological polar surface area (TPSA) is 68.2 Å². The molecule has 0 unspecified atom stereocenters.